The molecule has 0 spiro atoms. The van der Waals surface area contributed by atoms with Crippen LogP contribution >= 0.6 is 11.3 Å². The van der Waals surface area contributed by atoms with Crippen LogP contribution in [0.1, 0.15) is 103 Å². The molecule has 2 aliphatic carbocycles. The third-order valence-corrected chi connectivity index (χ3v) is 17.8. The lowest BCUT2D eigenvalue weighted by Crippen LogP contribution is -2.55. The molecule has 0 bridgehead atoms. The van der Waals surface area contributed by atoms with Crippen molar-refractivity contribution in [1.82, 2.24) is 4.48 Å². The van der Waals surface area contributed by atoms with Gasteiger partial charge >= 0.3 is 6.85 Å². The molecule has 0 saturated heterocycles. The number of thiophene rings is 1. The van der Waals surface area contributed by atoms with Crippen molar-refractivity contribution in [2.24, 2.45) is 0 Å². The van der Waals surface area contributed by atoms with Gasteiger partial charge in [-0.1, -0.05) is 122 Å². The largest absolute Gasteiger partial charge is 0.456 e. The topological polar surface area (TPSA) is 21.3 Å². The van der Waals surface area contributed by atoms with Gasteiger partial charge < -0.3 is 13.8 Å². The molecule has 0 fully saturated rings. The molecular formula is C58H51BN2OS. The van der Waals surface area contributed by atoms with E-state index >= 15 is 0 Å². The highest BCUT2D eigenvalue weighted by Crippen LogP contribution is 2.56. The highest BCUT2D eigenvalue weighted by atomic mass is 32.1. The number of para-hydroxylation sites is 2. The molecule has 2 aliphatic heterocycles. The van der Waals surface area contributed by atoms with E-state index in [1.807, 2.05) is 11.3 Å². The molecule has 0 saturated carbocycles. The predicted molar refractivity (Wildman–Crippen MR) is 271 cm³/mol. The summed E-state index contributed by atoms with van der Waals surface area (Å²) < 4.78 is 12.6. The van der Waals surface area contributed by atoms with E-state index in [1.54, 1.807) is 0 Å². The van der Waals surface area contributed by atoms with Crippen LogP contribution in [0.3, 0.4) is 0 Å². The summed E-state index contributed by atoms with van der Waals surface area (Å²) in [6.07, 6.45) is 4.74. The van der Waals surface area contributed by atoms with Crippen LogP contribution in [0, 0.1) is 0 Å². The first-order valence-electron chi connectivity index (χ1n) is 23.2. The molecule has 14 rings (SSSR count). The fourth-order valence-corrected chi connectivity index (χ4v) is 14.3. The third-order valence-electron chi connectivity index (χ3n) is 16.6. The lowest BCUT2D eigenvalue weighted by Gasteiger charge is -2.44. The molecule has 4 aliphatic rings. The van der Waals surface area contributed by atoms with Crippen molar-refractivity contribution >= 4 is 110 Å². The monoisotopic (exact) mass is 834 g/mol. The molecule has 0 unspecified atom stereocenters. The van der Waals surface area contributed by atoms with Gasteiger partial charge in [0.1, 0.15) is 11.2 Å². The van der Waals surface area contributed by atoms with Gasteiger partial charge in [0.25, 0.3) is 0 Å². The average molecular weight is 835 g/mol. The van der Waals surface area contributed by atoms with Gasteiger partial charge in [0.15, 0.2) is 0 Å². The molecule has 0 N–H and O–H groups in total. The van der Waals surface area contributed by atoms with E-state index in [0.29, 0.717) is 0 Å². The molecule has 3 aromatic heterocycles. The standard InChI is InChI=1S/C58H51BN2OS/c1-55(2)22-23-56(3,4)41-28-34(20-21-40(41)55)60-45-31-47-49(36-16-11-12-19-46(36)62-47)50-37-18-13-17-35-38-26-32-14-9-10-15-33(32)27-44(38)61(52(35)37)59(51(45)50)54-53(60)39-29-42-43(30-48(39)63-54)58(7,8)25-24-57(42,5)6/h9-21,26-31H,22-25H2,1-8H3. The van der Waals surface area contributed by atoms with Crippen molar-refractivity contribution in [2.45, 2.75) is 103 Å². The van der Waals surface area contributed by atoms with Crippen LogP contribution < -0.4 is 15.1 Å². The number of aromatic nitrogens is 1. The van der Waals surface area contributed by atoms with Gasteiger partial charge in [-0.15, -0.1) is 11.3 Å². The average Bonchev–Trinajstić information content (AvgIpc) is 3.94. The van der Waals surface area contributed by atoms with Crippen LogP contribution in [0.4, 0.5) is 17.1 Å². The highest BCUT2D eigenvalue weighted by Gasteiger charge is 2.48. The number of hydrogen-bond donors (Lipinski definition) is 0. The summed E-state index contributed by atoms with van der Waals surface area (Å²) >= 11 is 2.04. The number of rotatable bonds is 1. The maximum absolute atomic E-state index is 7.00. The second kappa shape index (κ2) is 11.7. The normalized spacial score (nSPS) is 18.7. The molecular weight excluding hydrogens is 784 g/mol. The Kier molecular flexibility index (Phi) is 6.79. The molecule has 5 heterocycles. The number of benzene rings is 7. The Morgan fingerprint density at radius 1 is 0.556 bits per heavy atom. The fourth-order valence-electron chi connectivity index (χ4n) is 12.9. The number of fused-ring (bicyclic) bond motifs is 16. The SMILES string of the molecule is CC1(C)CCC(C)(C)c2cc(N3c4cc5oc6ccccc6c5c5c4B(c4sc6cc7c(cc6c43)C(C)(C)CCC7(C)C)n3c4cc6ccccc6cc4c4cccc-5c43)ccc21. The maximum atomic E-state index is 7.00. The minimum Gasteiger partial charge on any atom is -0.456 e. The first-order valence-corrected chi connectivity index (χ1v) is 24.0. The molecule has 308 valence electrons. The summed E-state index contributed by atoms with van der Waals surface area (Å²) in [5.74, 6) is 0. The predicted octanol–water partition coefficient (Wildman–Crippen LogP) is 15.2. The Bertz CT molecular complexity index is 3720. The van der Waals surface area contributed by atoms with E-state index < -0.39 is 0 Å². The minimum absolute atomic E-state index is 0.0428. The van der Waals surface area contributed by atoms with E-state index in [1.165, 1.54) is 140 Å². The van der Waals surface area contributed by atoms with Crippen LogP contribution in [0.15, 0.2) is 120 Å². The second-order valence-electron chi connectivity index (χ2n) is 22.2. The third kappa shape index (κ3) is 4.62. The molecule has 0 atom stereocenters. The fraction of sp³-hybridized carbons (Fsp3) is 0.276. The molecule has 63 heavy (non-hydrogen) atoms. The Balaban J connectivity index is 1.19. The van der Waals surface area contributed by atoms with Crippen LogP contribution in [0.5, 0.6) is 0 Å². The van der Waals surface area contributed by atoms with E-state index in [4.69, 9.17) is 4.42 Å². The number of hydrogen-bond acceptors (Lipinski definition) is 3. The summed E-state index contributed by atoms with van der Waals surface area (Å²) in [6, 6.07) is 44.7. The summed E-state index contributed by atoms with van der Waals surface area (Å²) in [5.41, 5.74) is 18.6. The summed E-state index contributed by atoms with van der Waals surface area (Å²) in [5, 5.41) is 8.96. The zero-order valence-electron chi connectivity index (χ0n) is 37.6. The summed E-state index contributed by atoms with van der Waals surface area (Å²) in [4.78, 5) is 2.69. The Morgan fingerprint density at radius 2 is 1.21 bits per heavy atom. The molecule has 3 nitrogen and oxygen atoms in total. The van der Waals surface area contributed by atoms with Crippen LogP contribution in [-0.4, -0.2) is 11.3 Å². The van der Waals surface area contributed by atoms with Crippen molar-refractivity contribution in [3.63, 3.8) is 0 Å². The molecule has 10 aromatic rings. The zero-order chi connectivity index (χ0) is 42.7. The van der Waals surface area contributed by atoms with Crippen molar-refractivity contribution in [2.75, 3.05) is 4.90 Å². The number of furan rings is 1. The molecule has 0 amide bonds. The Labute approximate surface area is 373 Å². The van der Waals surface area contributed by atoms with E-state index in [9.17, 15) is 0 Å². The van der Waals surface area contributed by atoms with Gasteiger partial charge in [-0.3, -0.25) is 0 Å². The van der Waals surface area contributed by atoms with Crippen LogP contribution in [-0.2, 0) is 21.7 Å². The van der Waals surface area contributed by atoms with Gasteiger partial charge in [-0.25, -0.2) is 0 Å². The molecule has 7 aromatic carbocycles. The van der Waals surface area contributed by atoms with Gasteiger partial charge in [0, 0.05) is 70.4 Å². The van der Waals surface area contributed by atoms with Gasteiger partial charge in [0.05, 0.1) is 5.69 Å². The van der Waals surface area contributed by atoms with E-state index in [0.717, 1.165) is 11.2 Å². The second-order valence-corrected chi connectivity index (χ2v) is 23.2. The van der Waals surface area contributed by atoms with E-state index in [-0.39, 0.29) is 28.5 Å². The Hall–Kier alpha value is -5.78. The van der Waals surface area contributed by atoms with Gasteiger partial charge in [-0.2, -0.15) is 0 Å². The zero-order valence-corrected chi connectivity index (χ0v) is 38.4. The van der Waals surface area contributed by atoms with Crippen molar-refractivity contribution in [1.29, 1.82) is 0 Å². The molecule has 5 heteroatoms. The van der Waals surface area contributed by atoms with Crippen molar-refractivity contribution in [3.05, 3.63) is 138 Å². The first kappa shape index (κ1) is 36.7. The van der Waals surface area contributed by atoms with Crippen LogP contribution in [0.2, 0.25) is 0 Å². The van der Waals surface area contributed by atoms with E-state index in [2.05, 4.69) is 180 Å². The van der Waals surface area contributed by atoms with Crippen molar-refractivity contribution < 1.29 is 4.42 Å². The van der Waals surface area contributed by atoms with Gasteiger partial charge in [-0.05, 0) is 134 Å². The van der Waals surface area contributed by atoms with Gasteiger partial charge in [0.2, 0.25) is 0 Å². The lowest BCUT2D eigenvalue weighted by atomic mass is 9.48. The quantitative estimate of drug-likeness (QED) is 0.154. The maximum Gasteiger partial charge on any atom is 0.343 e. The molecule has 0 radical (unpaired) electrons. The summed E-state index contributed by atoms with van der Waals surface area (Å²) in [7, 11) is 0. The highest BCUT2D eigenvalue weighted by molar-refractivity contribution is 7.32. The Morgan fingerprint density at radius 3 is 1.97 bits per heavy atom. The lowest BCUT2D eigenvalue weighted by molar-refractivity contribution is 0.332. The smallest absolute Gasteiger partial charge is 0.343 e. The summed E-state index contributed by atoms with van der Waals surface area (Å²) in [6.45, 7) is 19.7. The minimum atomic E-state index is -0.0428. The first-order chi connectivity index (χ1) is 30.2. The number of anilines is 3. The number of nitrogens with zero attached hydrogens (tertiary/aromatic N) is 2. The van der Waals surface area contributed by atoms with Crippen molar-refractivity contribution in [3.8, 4) is 11.1 Å². The van der Waals surface area contributed by atoms with Crippen LogP contribution in [0.25, 0.3) is 75.7 Å².